The van der Waals surface area contributed by atoms with Gasteiger partial charge in [-0.3, -0.25) is 14.6 Å². The molecule has 2 N–H and O–H groups in total. The van der Waals surface area contributed by atoms with Crippen LogP contribution in [0.15, 0.2) is 42.7 Å². The van der Waals surface area contributed by atoms with Gasteiger partial charge in [0.2, 0.25) is 11.8 Å². The summed E-state index contributed by atoms with van der Waals surface area (Å²) in [5.41, 5.74) is 2.53. The Morgan fingerprint density at radius 3 is 2.83 bits per heavy atom. The van der Waals surface area contributed by atoms with E-state index in [0.29, 0.717) is 23.7 Å². The van der Waals surface area contributed by atoms with Crippen LogP contribution in [-0.4, -0.2) is 21.8 Å². The van der Waals surface area contributed by atoms with Crippen molar-refractivity contribution >= 4 is 44.2 Å². The molecule has 0 aliphatic rings. The zero-order valence-corrected chi connectivity index (χ0v) is 13.9. The van der Waals surface area contributed by atoms with Gasteiger partial charge in [0.15, 0.2) is 5.13 Å². The molecular formula is C17H16N4O2S. The van der Waals surface area contributed by atoms with Gasteiger partial charge in [-0.15, -0.1) is 0 Å². The molecule has 2 amide bonds. The van der Waals surface area contributed by atoms with E-state index < -0.39 is 0 Å². The number of benzene rings is 1. The number of hydrogen-bond donors (Lipinski definition) is 2. The number of anilines is 2. The van der Waals surface area contributed by atoms with Gasteiger partial charge in [-0.25, -0.2) is 4.98 Å². The number of rotatable bonds is 5. The highest BCUT2D eigenvalue weighted by Crippen LogP contribution is 2.28. The van der Waals surface area contributed by atoms with Gasteiger partial charge in [0.1, 0.15) is 0 Å². The second kappa shape index (κ2) is 7.18. The number of hydrogen-bond acceptors (Lipinski definition) is 5. The van der Waals surface area contributed by atoms with Crippen LogP contribution in [0.25, 0.3) is 10.2 Å². The van der Waals surface area contributed by atoms with Gasteiger partial charge in [-0.1, -0.05) is 17.4 Å². The molecule has 122 valence electrons. The van der Waals surface area contributed by atoms with Gasteiger partial charge in [0.25, 0.3) is 0 Å². The highest BCUT2D eigenvalue weighted by atomic mass is 32.1. The third-order valence-corrected chi connectivity index (χ3v) is 4.25. The number of thiazole rings is 1. The van der Waals surface area contributed by atoms with Crippen LogP contribution in [0, 0.1) is 0 Å². The second-order valence-corrected chi connectivity index (χ2v) is 6.32. The standard InChI is InChI=1S/C17H16N4O2S/c1-11(22)19-13-5-6-14-15(9-13)24-17(20-14)21-16(23)7-4-12-3-2-8-18-10-12/h2-3,5-6,8-10H,4,7H2,1H3,(H,19,22)(H,20,21,23). The molecule has 0 saturated heterocycles. The minimum Gasteiger partial charge on any atom is -0.326 e. The molecule has 2 heterocycles. The Hall–Kier alpha value is -2.80. The van der Waals surface area contributed by atoms with Crippen molar-refractivity contribution in [1.29, 1.82) is 0 Å². The Bertz CT molecular complexity index is 877. The van der Waals surface area contributed by atoms with Crippen LogP contribution in [0.5, 0.6) is 0 Å². The van der Waals surface area contributed by atoms with Crippen molar-refractivity contribution in [3.05, 3.63) is 48.3 Å². The van der Waals surface area contributed by atoms with E-state index in [-0.39, 0.29) is 11.8 Å². The molecule has 0 saturated carbocycles. The van der Waals surface area contributed by atoms with Crippen molar-refractivity contribution in [3.63, 3.8) is 0 Å². The lowest BCUT2D eigenvalue weighted by atomic mass is 10.1. The fourth-order valence-electron chi connectivity index (χ4n) is 2.24. The van der Waals surface area contributed by atoms with Gasteiger partial charge in [-0.2, -0.15) is 0 Å². The van der Waals surface area contributed by atoms with E-state index in [9.17, 15) is 9.59 Å². The zero-order valence-electron chi connectivity index (χ0n) is 13.1. The first-order valence-corrected chi connectivity index (χ1v) is 8.29. The predicted octanol–water partition coefficient (Wildman–Crippen LogP) is 3.22. The van der Waals surface area contributed by atoms with Crippen molar-refractivity contribution in [1.82, 2.24) is 9.97 Å². The van der Waals surface area contributed by atoms with Crippen molar-refractivity contribution in [2.75, 3.05) is 10.6 Å². The monoisotopic (exact) mass is 340 g/mol. The Morgan fingerprint density at radius 1 is 1.21 bits per heavy atom. The topological polar surface area (TPSA) is 84.0 Å². The largest absolute Gasteiger partial charge is 0.326 e. The van der Waals surface area contributed by atoms with Gasteiger partial charge in [0.05, 0.1) is 10.2 Å². The second-order valence-electron chi connectivity index (χ2n) is 5.29. The van der Waals surface area contributed by atoms with E-state index in [0.717, 1.165) is 15.8 Å². The van der Waals surface area contributed by atoms with Crippen molar-refractivity contribution < 1.29 is 9.59 Å². The molecule has 0 unspecified atom stereocenters. The fourth-order valence-corrected chi connectivity index (χ4v) is 3.17. The first kappa shape index (κ1) is 16.1. The maximum atomic E-state index is 12.1. The number of carbonyl (C=O) groups excluding carboxylic acids is 2. The zero-order chi connectivity index (χ0) is 16.9. The number of fused-ring (bicyclic) bond motifs is 1. The molecule has 0 atom stereocenters. The first-order valence-electron chi connectivity index (χ1n) is 7.47. The molecule has 0 bridgehead atoms. The molecule has 24 heavy (non-hydrogen) atoms. The molecular weight excluding hydrogens is 324 g/mol. The summed E-state index contributed by atoms with van der Waals surface area (Å²) in [6.45, 7) is 1.46. The van der Waals surface area contributed by atoms with E-state index in [1.165, 1.54) is 18.3 Å². The normalized spacial score (nSPS) is 10.5. The lowest BCUT2D eigenvalue weighted by Gasteiger charge is -2.01. The molecule has 0 spiro atoms. The van der Waals surface area contributed by atoms with E-state index in [4.69, 9.17) is 0 Å². The summed E-state index contributed by atoms with van der Waals surface area (Å²) in [7, 11) is 0. The summed E-state index contributed by atoms with van der Waals surface area (Å²) in [5, 5.41) is 6.11. The molecule has 2 aromatic heterocycles. The maximum absolute atomic E-state index is 12.1. The molecule has 1 aromatic carbocycles. The number of nitrogens with zero attached hydrogens (tertiary/aromatic N) is 2. The average molecular weight is 340 g/mol. The van der Waals surface area contributed by atoms with Crippen LogP contribution in [0.3, 0.4) is 0 Å². The lowest BCUT2D eigenvalue weighted by Crippen LogP contribution is -2.12. The van der Waals surface area contributed by atoms with Crippen molar-refractivity contribution in [3.8, 4) is 0 Å². The number of aromatic nitrogens is 2. The van der Waals surface area contributed by atoms with Gasteiger partial charge in [-0.05, 0) is 36.2 Å². The van der Waals surface area contributed by atoms with Gasteiger partial charge < -0.3 is 10.6 Å². The number of nitrogens with one attached hydrogen (secondary N) is 2. The third-order valence-electron chi connectivity index (χ3n) is 3.32. The Balaban J connectivity index is 1.64. The summed E-state index contributed by atoms with van der Waals surface area (Å²) < 4.78 is 0.906. The molecule has 3 aromatic rings. The quantitative estimate of drug-likeness (QED) is 0.747. The van der Waals surface area contributed by atoms with Crippen molar-refractivity contribution in [2.45, 2.75) is 19.8 Å². The highest BCUT2D eigenvalue weighted by molar-refractivity contribution is 7.22. The Labute approximate surface area is 142 Å². The van der Waals surface area contributed by atoms with E-state index >= 15 is 0 Å². The van der Waals surface area contributed by atoms with E-state index in [1.807, 2.05) is 24.3 Å². The summed E-state index contributed by atoms with van der Waals surface area (Å²) in [5.74, 6) is -0.206. The average Bonchev–Trinajstić information content (AvgIpc) is 2.94. The van der Waals surface area contributed by atoms with Crippen LogP contribution in [0.2, 0.25) is 0 Å². The number of aryl methyl sites for hydroxylation is 1. The highest BCUT2D eigenvalue weighted by Gasteiger charge is 2.09. The molecule has 0 aliphatic carbocycles. The summed E-state index contributed by atoms with van der Waals surface area (Å²) >= 11 is 1.38. The number of carbonyl (C=O) groups is 2. The van der Waals surface area contributed by atoms with Gasteiger partial charge in [0, 0.05) is 31.4 Å². The SMILES string of the molecule is CC(=O)Nc1ccc2nc(NC(=O)CCc3cccnc3)sc2c1. The molecule has 0 fully saturated rings. The van der Waals surface area contributed by atoms with Gasteiger partial charge >= 0.3 is 0 Å². The van der Waals surface area contributed by atoms with Crippen LogP contribution in [0.1, 0.15) is 18.9 Å². The molecule has 0 aliphatic heterocycles. The predicted molar refractivity (Wildman–Crippen MR) is 95.1 cm³/mol. The van der Waals surface area contributed by atoms with Crippen LogP contribution in [0.4, 0.5) is 10.8 Å². The third kappa shape index (κ3) is 4.14. The first-order chi connectivity index (χ1) is 11.6. The van der Waals surface area contributed by atoms with Crippen LogP contribution in [-0.2, 0) is 16.0 Å². The summed E-state index contributed by atoms with van der Waals surface area (Å²) in [6, 6.07) is 9.26. The summed E-state index contributed by atoms with van der Waals surface area (Å²) in [4.78, 5) is 31.6. The minimum atomic E-state index is -0.122. The maximum Gasteiger partial charge on any atom is 0.226 e. The molecule has 0 radical (unpaired) electrons. The fraction of sp³-hybridized carbons (Fsp3) is 0.176. The Kier molecular flexibility index (Phi) is 4.81. The number of pyridine rings is 1. The van der Waals surface area contributed by atoms with E-state index in [1.54, 1.807) is 18.5 Å². The molecule has 6 nitrogen and oxygen atoms in total. The smallest absolute Gasteiger partial charge is 0.226 e. The lowest BCUT2D eigenvalue weighted by molar-refractivity contribution is -0.116. The molecule has 3 rings (SSSR count). The van der Waals surface area contributed by atoms with Crippen molar-refractivity contribution in [2.24, 2.45) is 0 Å². The summed E-state index contributed by atoms with van der Waals surface area (Å²) in [6.07, 6.45) is 4.48. The number of amides is 2. The van der Waals surface area contributed by atoms with Crippen LogP contribution >= 0.6 is 11.3 Å². The minimum absolute atomic E-state index is 0.0833. The molecule has 7 heteroatoms. The van der Waals surface area contributed by atoms with Crippen LogP contribution < -0.4 is 10.6 Å². The van der Waals surface area contributed by atoms with E-state index in [2.05, 4.69) is 20.6 Å². The Morgan fingerprint density at radius 2 is 2.08 bits per heavy atom.